The second-order valence-corrected chi connectivity index (χ2v) is 6.95. The van der Waals surface area contributed by atoms with Crippen molar-refractivity contribution in [2.45, 2.75) is 32.9 Å². The van der Waals surface area contributed by atoms with Gasteiger partial charge in [-0.1, -0.05) is 72.8 Å². The highest BCUT2D eigenvalue weighted by Gasteiger charge is 2.30. The number of quaternary nitrogens is 1. The van der Waals surface area contributed by atoms with Crippen LogP contribution in [0.25, 0.3) is 10.8 Å². The first-order valence-electron chi connectivity index (χ1n) is 9.82. The molecule has 2 atom stereocenters. The predicted octanol–water partition coefficient (Wildman–Crippen LogP) is 4.07. The molecule has 0 unspecified atom stereocenters. The Morgan fingerprint density at radius 3 is 2.22 bits per heavy atom. The fourth-order valence-corrected chi connectivity index (χ4v) is 3.77. The molecular weight excluding hydrogens is 332 g/mol. The first-order chi connectivity index (χ1) is 13.2. The molecule has 0 bridgehead atoms. The van der Waals surface area contributed by atoms with E-state index in [2.05, 4.69) is 66.8 Å². The molecule has 27 heavy (non-hydrogen) atoms. The molecule has 0 fully saturated rings. The van der Waals surface area contributed by atoms with Gasteiger partial charge in [0.2, 0.25) is 0 Å². The second kappa shape index (κ2) is 8.83. The van der Waals surface area contributed by atoms with E-state index in [9.17, 15) is 4.79 Å². The van der Waals surface area contributed by atoms with E-state index in [-0.39, 0.29) is 18.0 Å². The number of rotatable bonds is 7. The number of hydrogen-bond acceptors (Lipinski definition) is 1. The molecule has 3 heteroatoms. The molecule has 3 nitrogen and oxygen atoms in total. The molecule has 3 aromatic rings. The third-order valence-electron chi connectivity index (χ3n) is 5.29. The van der Waals surface area contributed by atoms with Gasteiger partial charge < -0.3 is 10.2 Å². The number of benzene rings is 3. The minimum absolute atomic E-state index is 0.167. The van der Waals surface area contributed by atoms with E-state index >= 15 is 0 Å². The van der Waals surface area contributed by atoms with E-state index in [0.717, 1.165) is 18.7 Å². The van der Waals surface area contributed by atoms with E-state index in [1.165, 1.54) is 16.3 Å². The number of carbonyl (C=O) groups is 1. The zero-order valence-electron chi connectivity index (χ0n) is 16.4. The summed E-state index contributed by atoms with van der Waals surface area (Å²) in [5, 5.41) is 4.70. The second-order valence-electron chi connectivity index (χ2n) is 6.95. The Labute approximate surface area is 162 Å². The van der Waals surface area contributed by atoms with Gasteiger partial charge in [0.05, 0.1) is 0 Å². The maximum Gasteiger partial charge on any atom is 0.285 e. The van der Waals surface area contributed by atoms with Crippen molar-refractivity contribution in [1.82, 2.24) is 4.90 Å². The highest BCUT2D eigenvalue weighted by molar-refractivity contribution is 5.86. The summed E-state index contributed by atoms with van der Waals surface area (Å²) in [4.78, 5) is 15.2. The Hall–Kier alpha value is -2.65. The molecule has 1 amide bonds. The Balaban J connectivity index is 1.94. The van der Waals surface area contributed by atoms with E-state index in [1.54, 1.807) is 0 Å². The van der Waals surface area contributed by atoms with Crippen LogP contribution in [-0.2, 0) is 4.79 Å². The van der Waals surface area contributed by atoms with Crippen LogP contribution in [0.3, 0.4) is 0 Å². The summed E-state index contributed by atoms with van der Waals surface area (Å²) < 4.78 is 0. The zero-order valence-corrected chi connectivity index (χ0v) is 16.4. The molecule has 0 aliphatic carbocycles. The van der Waals surface area contributed by atoms with Crippen LogP contribution in [0, 0.1) is 0 Å². The van der Waals surface area contributed by atoms with Crippen molar-refractivity contribution in [3.8, 4) is 0 Å². The summed E-state index contributed by atoms with van der Waals surface area (Å²) in [7, 11) is 0. The number of nitrogens with two attached hydrogens (primary N) is 1. The van der Waals surface area contributed by atoms with E-state index in [0.29, 0.717) is 0 Å². The monoisotopic (exact) mass is 361 g/mol. The van der Waals surface area contributed by atoms with Crippen LogP contribution in [0.1, 0.15) is 44.0 Å². The first kappa shape index (κ1) is 19.1. The van der Waals surface area contributed by atoms with Crippen molar-refractivity contribution in [2.24, 2.45) is 0 Å². The summed E-state index contributed by atoms with van der Waals surface area (Å²) in [5.74, 6) is 0.179. The molecule has 0 aliphatic rings. The zero-order chi connectivity index (χ0) is 19.2. The Morgan fingerprint density at radius 2 is 1.52 bits per heavy atom. The summed E-state index contributed by atoms with van der Waals surface area (Å²) in [6, 6.07) is 24.9. The van der Waals surface area contributed by atoms with Crippen molar-refractivity contribution in [2.75, 3.05) is 13.1 Å². The molecule has 0 radical (unpaired) electrons. The topological polar surface area (TPSA) is 36.9 Å². The summed E-state index contributed by atoms with van der Waals surface area (Å²) in [6.45, 7) is 7.73. The molecule has 0 heterocycles. The third-order valence-corrected chi connectivity index (χ3v) is 5.29. The normalized spacial score (nSPS) is 13.3. The lowest BCUT2D eigenvalue weighted by atomic mass is 9.97. The van der Waals surface area contributed by atoms with Crippen molar-refractivity contribution >= 4 is 16.7 Å². The van der Waals surface area contributed by atoms with Gasteiger partial charge in [0.25, 0.3) is 5.91 Å². The van der Waals surface area contributed by atoms with Gasteiger partial charge in [-0.3, -0.25) is 4.79 Å². The van der Waals surface area contributed by atoms with Crippen LogP contribution < -0.4 is 5.32 Å². The molecule has 0 saturated carbocycles. The van der Waals surface area contributed by atoms with Crippen molar-refractivity contribution in [3.63, 3.8) is 0 Å². The Bertz CT molecular complexity index is 882. The number of hydrogen-bond donors (Lipinski definition) is 1. The number of amides is 1. The van der Waals surface area contributed by atoms with E-state index in [1.807, 2.05) is 36.9 Å². The summed E-state index contributed by atoms with van der Waals surface area (Å²) in [6.07, 6.45) is 0. The number of carbonyl (C=O) groups excluding carboxylic acids is 1. The van der Waals surface area contributed by atoms with Gasteiger partial charge in [-0.15, -0.1) is 0 Å². The van der Waals surface area contributed by atoms with E-state index in [4.69, 9.17) is 0 Å². The molecule has 0 spiro atoms. The Morgan fingerprint density at radius 1 is 0.889 bits per heavy atom. The maximum absolute atomic E-state index is 13.2. The van der Waals surface area contributed by atoms with Crippen LogP contribution in [0.5, 0.6) is 0 Å². The van der Waals surface area contributed by atoms with Crippen LogP contribution in [-0.4, -0.2) is 23.9 Å². The molecule has 0 aliphatic heterocycles. The van der Waals surface area contributed by atoms with Gasteiger partial charge in [0.1, 0.15) is 6.04 Å². The van der Waals surface area contributed by atoms with Crippen molar-refractivity contribution in [1.29, 1.82) is 0 Å². The molecule has 140 valence electrons. The SMILES string of the molecule is CCN(CC)C(=O)[C@@H]([NH2+][C@@H](C)c1cccc2ccccc12)c1ccccc1. The molecular formula is C24H29N2O+. The van der Waals surface area contributed by atoms with Crippen molar-refractivity contribution < 1.29 is 10.1 Å². The van der Waals surface area contributed by atoms with E-state index < -0.39 is 0 Å². The average molecular weight is 362 g/mol. The fourth-order valence-electron chi connectivity index (χ4n) is 3.77. The molecule has 3 aromatic carbocycles. The molecule has 0 aromatic heterocycles. The molecule has 2 N–H and O–H groups in total. The van der Waals surface area contributed by atoms with Gasteiger partial charge >= 0.3 is 0 Å². The third kappa shape index (κ3) is 4.20. The minimum atomic E-state index is -0.236. The number of fused-ring (bicyclic) bond motifs is 1. The number of nitrogens with zero attached hydrogens (tertiary/aromatic N) is 1. The predicted molar refractivity (Wildman–Crippen MR) is 111 cm³/mol. The maximum atomic E-state index is 13.2. The largest absolute Gasteiger partial charge is 0.338 e. The lowest BCUT2D eigenvalue weighted by molar-refractivity contribution is -0.719. The summed E-state index contributed by atoms with van der Waals surface area (Å²) >= 11 is 0. The lowest BCUT2D eigenvalue weighted by Crippen LogP contribution is -2.88. The van der Waals surface area contributed by atoms with Crippen LogP contribution in [0.2, 0.25) is 0 Å². The molecule has 0 saturated heterocycles. The van der Waals surface area contributed by atoms with Gasteiger partial charge in [0.15, 0.2) is 6.04 Å². The first-order valence-corrected chi connectivity index (χ1v) is 9.82. The smallest absolute Gasteiger partial charge is 0.285 e. The number of likely N-dealkylation sites (N-methyl/N-ethyl adjacent to an activating group) is 1. The van der Waals surface area contributed by atoms with Gasteiger partial charge in [-0.2, -0.15) is 0 Å². The van der Waals surface area contributed by atoms with Crippen LogP contribution in [0.4, 0.5) is 0 Å². The summed E-state index contributed by atoms with van der Waals surface area (Å²) in [5.41, 5.74) is 2.32. The minimum Gasteiger partial charge on any atom is -0.338 e. The van der Waals surface area contributed by atoms with Crippen LogP contribution in [0.15, 0.2) is 72.8 Å². The highest BCUT2D eigenvalue weighted by atomic mass is 16.2. The lowest BCUT2D eigenvalue weighted by Gasteiger charge is -2.26. The highest BCUT2D eigenvalue weighted by Crippen LogP contribution is 2.23. The standard InChI is InChI=1S/C24H28N2O/c1-4-26(5-2)24(27)23(20-13-7-6-8-14-20)25-18(3)21-17-11-15-19-12-9-10-16-22(19)21/h6-18,23,25H,4-5H2,1-3H3/p+1/t18-,23-/m0/s1. The van der Waals surface area contributed by atoms with Crippen LogP contribution >= 0.6 is 0 Å². The quantitative estimate of drug-likeness (QED) is 0.676. The van der Waals surface area contributed by atoms with Gasteiger partial charge in [-0.05, 0) is 31.5 Å². The molecule has 3 rings (SSSR count). The Kier molecular flexibility index (Phi) is 6.25. The average Bonchev–Trinajstić information content (AvgIpc) is 2.72. The fraction of sp³-hybridized carbons (Fsp3) is 0.292. The van der Waals surface area contributed by atoms with Gasteiger partial charge in [-0.25, -0.2) is 0 Å². The van der Waals surface area contributed by atoms with Crippen molar-refractivity contribution in [3.05, 3.63) is 83.9 Å². The van der Waals surface area contributed by atoms with Gasteiger partial charge in [0, 0.05) is 24.2 Å².